The van der Waals surface area contributed by atoms with E-state index < -0.39 is 0 Å². The molecule has 0 fully saturated rings. The Hall–Kier alpha value is -1.05. The molecule has 0 amide bonds. The van der Waals surface area contributed by atoms with Gasteiger partial charge in [0.05, 0.1) is 17.7 Å². The van der Waals surface area contributed by atoms with Gasteiger partial charge < -0.3 is 10.6 Å². The molecule has 18 heavy (non-hydrogen) atoms. The average Bonchev–Trinajstić information content (AvgIpc) is 2.35. The van der Waals surface area contributed by atoms with Gasteiger partial charge in [0.15, 0.2) is 0 Å². The largest absolute Gasteiger partial charge is 0.370 e. The summed E-state index contributed by atoms with van der Waals surface area (Å²) in [5.74, 6) is 0.0185. The molecule has 0 saturated carbocycles. The SMILES string of the molecule is CCN(CC(C)C#N)c1ccc([C@@H](C)N)cc1Br. The Labute approximate surface area is 118 Å². The van der Waals surface area contributed by atoms with Crippen LogP contribution in [0.4, 0.5) is 5.69 Å². The molecule has 4 heteroatoms. The predicted octanol–water partition coefficient (Wildman–Crippen LogP) is 3.45. The summed E-state index contributed by atoms with van der Waals surface area (Å²) in [6.07, 6.45) is 0. The van der Waals surface area contributed by atoms with Gasteiger partial charge in [-0.3, -0.25) is 0 Å². The van der Waals surface area contributed by atoms with Gasteiger partial charge in [-0.25, -0.2) is 0 Å². The first-order valence-electron chi connectivity index (χ1n) is 6.19. The van der Waals surface area contributed by atoms with E-state index in [2.05, 4.69) is 46.0 Å². The van der Waals surface area contributed by atoms with Crippen molar-refractivity contribution in [1.29, 1.82) is 5.26 Å². The van der Waals surface area contributed by atoms with Crippen LogP contribution in [0.25, 0.3) is 0 Å². The van der Waals surface area contributed by atoms with Crippen molar-refractivity contribution in [3.05, 3.63) is 28.2 Å². The van der Waals surface area contributed by atoms with Crippen molar-refractivity contribution in [2.24, 2.45) is 11.7 Å². The number of benzene rings is 1. The smallest absolute Gasteiger partial charge is 0.0671 e. The van der Waals surface area contributed by atoms with Crippen LogP contribution in [0.5, 0.6) is 0 Å². The van der Waals surface area contributed by atoms with Crippen LogP contribution in [0.15, 0.2) is 22.7 Å². The van der Waals surface area contributed by atoms with Crippen molar-refractivity contribution < 1.29 is 0 Å². The molecule has 0 saturated heterocycles. The summed E-state index contributed by atoms with van der Waals surface area (Å²) in [7, 11) is 0. The lowest BCUT2D eigenvalue weighted by Crippen LogP contribution is -2.28. The molecule has 98 valence electrons. The van der Waals surface area contributed by atoms with E-state index in [0.29, 0.717) is 0 Å². The quantitative estimate of drug-likeness (QED) is 0.906. The lowest BCUT2D eigenvalue weighted by Gasteiger charge is -2.26. The molecule has 0 spiro atoms. The number of nitrogens with two attached hydrogens (primary N) is 1. The number of rotatable bonds is 5. The van der Waals surface area contributed by atoms with E-state index in [9.17, 15) is 0 Å². The highest BCUT2D eigenvalue weighted by atomic mass is 79.9. The van der Waals surface area contributed by atoms with Crippen LogP contribution in [-0.2, 0) is 0 Å². The predicted molar refractivity (Wildman–Crippen MR) is 79.4 cm³/mol. The molecule has 1 unspecified atom stereocenters. The van der Waals surface area contributed by atoms with Crippen molar-refractivity contribution in [3.8, 4) is 6.07 Å². The van der Waals surface area contributed by atoms with Crippen molar-refractivity contribution in [1.82, 2.24) is 0 Å². The molecule has 0 aliphatic heterocycles. The van der Waals surface area contributed by atoms with Crippen LogP contribution in [0, 0.1) is 17.2 Å². The van der Waals surface area contributed by atoms with Crippen molar-refractivity contribution in [3.63, 3.8) is 0 Å². The van der Waals surface area contributed by atoms with E-state index in [1.807, 2.05) is 19.9 Å². The van der Waals surface area contributed by atoms with E-state index in [4.69, 9.17) is 11.0 Å². The summed E-state index contributed by atoms with van der Waals surface area (Å²) < 4.78 is 1.03. The van der Waals surface area contributed by atoms with E-state index >= 15 is 0 Å². The number of halogens is 1. The number of hydrogen-bond acceptors (Lipinski definition) is 3. The highest BCUT2D eigenvalue weighted by Crippen LogP contribution is 2.29. The Bertz CT molecular complexity index is 437. The van der Waals surface area contributed by atoms with E-state index in [-0.39, 0.29) is 12.0 Å². The Balaban J connectivity index is 2.97. The zero-order chi connectivity index (χ0) is 13.7. The van der Waals surface area contributed by atoms with Crippen LogP contribution < -0.4 is 10.6 Å². The van der Waals surface area contributed by atoms with Crippen molar-refractivity contribution in [2.45, 2.75) is 26.8 Å². The maximum absolute atomic E-state index is 8.91. The van der Waals surface area contributed by atoms with Gasteiger partial charge in [-0.15, -0.1) is 0 Å². The molecule has 0 bridgehead atoms. The number of hydrogen-bond donors (Lipinski definition) is 1. The fourth-order valence-electron chi connectivity index (χ4n) is 1.83. The van der Waals surface area contributed by atoms with Gasteiger partial charge in [-0.05, 0) is 54.4 Å². The maximum Gasteiger partial charge on any atom is 0.0671 e. The second kappa shape index (κ2) is 6.77. The number of nitriles is 1. The average molecular weight is 310 g/mol. The third kappa shape index (κ3) is 3.72. The Morgan fingerprint density at radius 1 is 1.44 bits per heavy atom. The minimum Gasteiger partial charge on any atom is -0.370 e. The lowest BCUT2D eigenvalue weighted by molar-refractivity contribution is 0.685. The van der Waals surface area contributed by atoms with Gasteiger partial charge in [0, 0.05) is 23.6 Å². The lowest BCUT2D eigenvalue weighted by atomic mass is 10.1. The van der Waals surface area contributed by atoms with Crippen LogP contribution in [0.2, 0.25) is 0 Å². The molecule has 0 radical (unpaired) electrons. The van der Waals surface area contributed by atoms with Crippen molar-refractivity contribution >= 4 is 21.6 Å². The molecule has 0 aromatic heterocycles. The fraction of sp³-hybridized carbons (Fsp3) is 0.500. The van der Waals surface area contributed by atoms with Gasteiger partial charge in [-0.1, -0.05) is 6.07 Å². The fourth-order valence-corrected chi connectivity index (χ4v) is 2.48. The summed E-state index contributed by atoms with van der Waals surface area (Å²) in [5.41, 5.74) is 8.09. The van der Waals surface area contributed by atoms with Crippen LogP contribution in [0.1, 0.15) is 32.4 Å². The highest BCUT2D eigenvalue weighted by Gasteiger charge is 2.13. The summed E-state index contributed by atoms with van der Waals surface area (Å²) >= 11 is 3.59. The molecule has 1 aromatic rings. The molecule has 1 aromatic carbocycles. The first-order chi connectivity index (χ1) is 8.49. The molecule has 0 aliphatic carbocycles. The molecule has 2 atom stereocenters. The summed E-state index contributed by atoms with van der Waals surface area (Å²) in [6.45, 7) is 7.62. The molecular weight excluding hydrogens is 290 g/mol. The minimum atomic E-state index is 0.0185. The third-order valence-corrected chi connectivity index (χ3v) is 3.57. The van der Waals surface area contributed by atoms with Gasteiger partial charge in [0.2, 0.25) is 0 Å². The van der Waals surface area contributed by atoms with Crippen molar-refractivity contribution in [2.75, 3.05) is 18.0 Å². The van der Waals surface area contributed by atoms with Gasteiger partial charge in [0.25, 0.3) is 0 Å². The first-order valence-corrected chi connectivity index (χ1v) is 6.98. The van der Waals surface area contributed by atoms with E-state index in [1.54, 1.807) is 0 Å². The summed E-state index contributed by atoms with van der Waals surface area (Å²) in [6, 6.07) is 8.47. The van der Waals surface area contributed by atoms with E-state index in [1.165, 1.54) is 0 Å². The summed E-state index contributed by atoms with van der Waals surface area (Å²) in [4.78, 5) is 2.20. The molecular formula is C14H20BrN3. The molecule has 1 rings (SSSR count). The first kappa shape index (κ1) is 15.0. The number of nitrogens with zero attached hydrogens (tertiary/aromatic N) is 2. The molecule has 2 N–H and O–H groups in total. The maximum atomic E-state index is 8.91. The molecule has 0 aliphatic rings. The second-order valence-corrected chi connectivity index (χ2v) is 5.42. The van der Waals surface area contributed by atoms with Gasteiger partial charge in [0.1, 0.15) is 0 Å². The minimum absolute atomic E-state index is 0.0185. The van der Waals surface area contributed by atoms with Crippen LogP contribution in [0.3, 0.4) is 0 Å². The van der Waals surface area contributed by atoms with E-state index in [0.717, 1.165) is 28.8 Å². The standard InChI is InChI=1S/C14H20BrN3/c1-4-18(9-10(2)8-16)14-6-5-12(11(3)17)7-13(14)15/h5-7,10-11H,4,9,17H2,1-3H3/t10?,11-/m1/s1. The molecule has 0 heterocycles. The second-order valence-electron chi connectivity index (χ2n) is 4.57. The Morgan fingerprint density at radius 3 is 2.56 bits per heavy atom. The summed E-state index contributed by atoms with van der Waals surface area (Å²) in [5, 5.41) is 8.91. The number of anilines is 1. The Morgan fingerprint density at radius 2 is 2.11 bits per heavy atom. The zero-order valence-electron chi connectivity index (χ0n) is 11.2. The van der Waals surface area contributed by atoms with Crippen LogP contribution in [-0.4, -0.2) is 13.1 Å². The molecule has 3 nitrogen and oxygen atoms in total. The van der Waals surface area contributed by atoms with Gasteiger partial charge >= 0.3 is 0 Å². The van der Waals surface area contributed by atoms with Gasteiger partial charge in [-0.2, -0.15) is 5.26 Å². The normalized spacial score (nSPS) is 13.8. The Kier molecular flexibility index (Phi) is 5.64. The third-order valence-electron chi connectivity index (χ3n) is 2.93. The zero-order valence-corrected chi connectivity index (χ0v) is 12.7. The topological polar surface area (TPSA) is 53.0 Å². The monoisotopic (exact) mass is 309 g/mol. The van der Waals surface area contributed by atoms with Crippen LogP contribution >= 0.6 is 15.9 Å². The highest BCUT2D eigenvalue weighted by molar-refractivity contribution is 9.10.